The average molecular weight is 124 g/mol. The van der Waals surface area contributed by atoms with Crippen molar-refractivity contribution in [2.24, 2.45) is 5.41 Å². The van der Waals surface area contributed by atoms with E-state index in [2.05, 4.69) is 26.8 Å². The highest BCUT2D eigenvalue weighted by atomic mass is 14.2. The lowest BCUT2D eigenvalue weighted by Gasteiger charge is -2.19. The van der Waals surface area contributed by atoms with Gasteiger partial charge < -0.3 is 0 Å². The highest BCUT2D eigenvalue weighted by molar-refractivity contribution is 5.14. The summed E-state index contributed by atoms with van der Waals surface area (Å²) in [5.74, 6) is 0. The first-order chi connectivity index (χ1) is 4.11. The summed E-state index contributed by atoms with van der Waals surface area (Å²) in [7, 11) is 0. The molecule has 0 heterocycles. The van der Waals surface area contributed by atoms with E-state index in [0.29, 0.717) is 5.41 Å². The molecule has 0 saturated heterocycles. The van der Waals surface area contributed by atoms with Crippen LogP contribution in [0.4, 0.5) is 0 Å². The maximum absolute atomic E-state index is 2.40. The Labute approximate surface area is 58.0 Å². The summed E-state index contributed by atoms with van der Waals surface area (Å²) in [5.41, 5.74) is 2.10. The minimum atomic E-state index is 0.441. The zero-order valence-corrected chi connectivity index (χ0v) is 6.70. The Bertz CT molecular complexity index is 123. The van der Waals surface area contributed by atoms with Crippen molar-refractivity contribution in [2.75, 3.05) is 0 Å². The van der Waals surface area contributed by atoms with Gasteiger partial charge in [-0.3, -0.25) is 0 Å². The van der Waals surface area contributed by atoms with Gasteiger partial charge >= 0.3 is 0 Å². The van der Waals surface area contributed by atoms with Gasteiger partial charge in [0.05, 0.1) is 0 Å². The monoisotopic (exact) mass is 124 g/mol. The predicted molar refractivity (Wildman–Crippen MR) is 41.4 cm³/mol. The van der Waals surface area contributed by atoms with E-state index in [-0.39, 0.29) is 0 Å². The third-order valence-corrected chi connectivity index (χ3v) is 2.00. The molecule has 0 saturated carbocycles. The fourth-order valence-electron chi connectivity index (χ4n) is 1.35. The molecule has 52 valence electrons. The van der Waals surface area contributed by atoms with Crippen LogP contribution in [0.2, 0.25) is 0 Å². The lowest BCUT2D eigenvalue weighted by atomic mass is 9.86. The molecule has 0 unspecified atom stereocenters. The van der Waals surface area contributed by atoms with Gasteiger partial charge in [-0.05, 0) is 24.7 Å². The van der Waals surface area contributed by atoms with Gasteiger partial charge in [-0.15, -0.1) is 0 Å². The molecule has 1 aliphatic rings. The Kier molecular flexibility index (Phi) is 1.65. The molecule has 0 nitrogen and oxygen atoms in total. The number of rotatable bonds is 0. The fraction of sp³-hybridized carbons (Fsp3) is 0.778. The summed E-state index contributed by atoms with van der Waals surface area (Å²) in [6, 6.07) is 0. The van der Waals surface area contributed by atoms with Crippen LogP contribution in [-0.4, -0.2) is 0 Å². The minimum absolute atomic E-state index is 0.441. The molecule has 9 heavy (non-hydrogen) atoms. The van der Waals surface area contributed by atoms with Gasteiger partial charge in [0.25, 0.3) is 0 Å². The van der Waals surface area contributed by atoms with E-state index < -0.39 is 0 Å². The molecule has 0 aromatic heterocycles. The molecular formula is C9H16. The highest BCUT2D eigenvalue weighted by Crippen LogP contribution is 2.33. The first-order valence-electron chi connectivity index (χ1n) is 3.80. The summed E-state index contributed by atoms with van der Waals surface area (Å²) in [4.78, 5) is 0. The van der Waals surface area contributed by atoms with Crippen LogP contribution < -0.4 is 0 Å². The molecule has 0 radical (unpaired) electrons. The quantitative estimate of drug-likeness (QED) is 0.435. The molecule has 0 spiro atoms. The van der Waals surface area contributed by atoms with Gasteiger partial charge in [0.2, 0.25) is 0 Å². The first-order valence-corrected chi connectivity index (χ1v) is 3.80. The second-order valence-corrected chi connectivity index (χ2v) is 3.87. The molecular weight excluding hydrogens is 108 g/mol. The molecule has 1 rings (SSSR count). The van der Waals surface area contributed by atoms with Gasteiger partial charge in [-0.1, -0.05) is 32.4 Å². The SMILES string of the molecule is CC(C)(C)C1=CCCC1. The zero-order valence-electron chi connectivity index (χ0n) is 6.70. The van der Waals surface area contributed by atoms with Gasteiger partial charge in [-0.2, -0.15) is 0 Å². The van der Waals surface area contributed by atoms with Gasteiger partial charge in [0, 0.05) is 0 Å². The van der Waals surface area contributed by atoms with Crippen LogP contribution in [-0.2, 0) is 0 Å². The van der Waals surface area contributed by atoms with Crippen LogP contribution in [0.5, 0.6) is 0 Å². The van der Waals surface area contributed by atoms with Crippen LogP contribution in [0.1, 0.15) is 40.0 Å². The molecule has 0 fully saturated rings. The Morgan fingerprint density at radius 3 is 2.22 bits per heavy atom. The summed E-state index contributed by atoms with van der Waals surface area (Å²) in [5, 5.41) is 0. The van der Waals surface area contributed by atoms with Crippen LogP contribution in [0.25, 0.3) is 0 Å². The van der Waals surface area contributed by atoms with Gasteiger partial charge in [-0.25, -0.2) is 0 Å². The third kappa shape index (κ3) is 1.57. The molecule has 1 aliphatic carbocycles. The molecule has 0 heteroatoms. The van der Waals surface area contributed by atoms with E-state index in [1.54, 1.807) is 5.57 Å². The second-order valence-electron chi connectivity index (χ2n) is 3.87. The van der Waals surface area contributed by atoms with E-state index in [1.807, 2.05) is 0 Å². The van der Waals surface area contributed by atoms with Crippen molar-refractivity contribution in [3.8, 4) is 0 Å². The van der Waals surface area contributed by atoms with E-state index >= 15 is 0 Å². The Balaban J connectivity index is 2.61. The average Bonchev–Trinajstić information content (AvgIpc) is 2.08. The highest BCUT2D eigenvalue weighted by Gasteiger charge is 2.18. The molecule has 0 aromatic carbocycles. The van der Waals surface area contributed by atoms with Crippen molar-refractivity contribution in [1.82, 2.24) is 0 Å². The van der Waals surface area contributed by atoms with E-state index in [1.165, 1.54) is 19.3 Å². The molecule has 0 aliphatic heterocycles. The standard InChI is InChI=1S/C9H16/c1-9(2,3)8-6-4-5-7-8/h6H,4-5,7H2,1-3H3. The molecule has 0 N–H and O–H groups in total. The van der Waals surface area contributed by atoms with Crippen LogP contribution in [0.3, 0.4) is 0 Å². The first kappa shape index (κ1) is 6.85. The van der Waals surface area contributed by atoms with Gasteiger partial charge in [0.15, 0.2) is 0 Å². The Hall–Kier alpha value is -0.260. The summed E-state index contributed by atoms with van der Waals surface area (Å²) in [6.45, 7) is 6.89. The van der Waals surface area contributed by atoms with Gasteiger partial charge in [0.1, 0.15) is 0 Å². The Morgan fingerprint density at radius 2 is 2.00 bits per heavy atom. The van der Waals surface area contributed by atoms with Crippen molar-refractivity contribution < 1.29 is 0 Å². The maximum atomic E-state index is 2.40. The second kappa shape index (κ2) is 2.17. The van der Waals surface area contributed by atoms with E-state index in [4.69, 9.17) is 0 Å². The molecule has 0 bridgehead atoms. The normalized spacial score (nSPS) is 20.1. The minimum Gasteiger partial charge on any atom is -0.0848 e. The maximum Gasteiger partial charge on any atom is -0.0173 e. The van der Waals surface area contributed by atoms with Crippen molar-refractivity contribution in [2.45, 2.75) is 40.0 Å². The van der Waals surface area contributed by atoms with Crippen LogP contribution in [0.15, 0.2) is 11.6 Å². The van der Waals surface area contributed by atoms with Crippen LogP contribution in [0, 0.1) is 5.41 Å². The van der Waals surface area contributed by atoms with Crippen molar-refractivity contribution in [3.63, 3.8) is 0 Å². The molecule has 0 atom stereocenters. The molecule has 0 aromatic rings. The number of hydrogen-bond acceptors (Lipinski definition) is 0. The number of allylic oxidation sites excluding steroid dienone is 2. The summed E-state index contributed by atoms with van der Waals surface area (Å²) in [6.07, 6.45) is 6.43. The smallest absolute Gasteiger partial charge is 0.0173 e. The molecule has 0 amide bonds. The van der Waals surface area contributed by atoms with E-state index in [0.717, 1.165) is 0 Å². The topological polar surface area (TPSA) is 0 Å². The lowest BCUT2D eigenvalue weighted by molar-refractivity contribution is 0.489. The number of hydrogen-bond donors (Lipinski definition) is 0. The predicted octanol–water partition coefficient (Wildman–Crippen LogP) is 3.14. The zero-order chi connectivity index (χ0) is 6.91. The van der Waals surface area contributed by atoms with Crippen molar-refractivity contribution in [1.29, 1.82) is 0 Å². The summed E-state index contributed by atoms with van der Waals surface area (Å²) >= 11 is 0. The fourth-order valence-corrected chi connectivity index (χ4v) is 1.35. The van der Waals surface area contributed by atoms with Crippen molar-refractivity contribution in [3.05, 3.63) is 11.6 Å². The largest absolute Gasteiger partial charge is 0.0848 e. The lowest BCUT2D eigenvalue weighted by Crippen LogP contribution is -2.06. The summed E-state index contributed by atoms with van der Waals surface area (Å²) < 4.78 is 0. The Morgan fingerprint density at radius 1 is 1.33 bits per heavy atom. The third-order valence-electron chi connectivity index (χ3n) is 2.00. The van der Waals surface area contributed by atoms with Crippen LogP contribution >= 0.6 is 0 Å². The van der Waals surface area contributed by atoms with E-state index in [9.17, 15) is 0 Å². The van der Waals surface area contributed by atoms with Crippen molar-refractivity contribution >= 4 is 0 Å².